The lowest BCUT2D eigenvalue weighted by molar-refractivity contribution is -0.116. The zero-order chi connectivity index (χ0) is 24.7. The number of methoxy groups -OCH3 is 1. The number of amides is 1. The lowest BCUT2D eigenvalue weighted by Gasteiger charge is -2.16. The van der Waals surface area contributed by atoms with Gasteiger partial charge in [0.1, 0.15) is 6.61 Å². The second kappa shape index (κ2) is 12.2. The number of carbonyl (C=O) groups excluding carboxylic acids is 1. The molecule has 8 heteroatoms. The molecule has 5 nitrogen and oxygen atoms in total. The fraction of sp³-hybridized carbons (Fsp3) is 0.269. The quantitative estimate of drug-likeness (QED) is 0.285. The Labute approximate surface area is 215 Å². The van der Waals surface area contributed by atoms with E-state index in [0.717, 1.165) is 16.9 Å². The standard InChI is InChI=1S/C26H27Cl3N2O3/c1-16(2)10-25(32)31-19-7-4-6-18(13-19)30-14-17-11-23(29)26(24(12-17)33-3)34-15-20-21(27)8-5-9-22(20)28/h4-9,11-13,16,30H,10,14-15H2,1-3H3,(H,31,32). The highest BCUT2D eigenvalue weighted by molar-refractivity contribution is 6.36. The highest BCUT2D eigenvalue weighted by Crippen LogP contribution is 2.38. The third-order valence-corrected chi connectivity index (χ3v) is 5.94. The molecule has 0 aliphatic heterocycles. The summed E-state index contributed by atoms with van der Waals surface area (Å²) >= 11 is 19.0. The lowest BCUT2D eigenvalue weighted by Crippen LogP contribution is -2.13. The van der Waals surface area contributed by atoms with Crippen LogP contribution in [0.1, 0.15) is 31.4 Å². The van der Waals surface area contributed by atoms with Gasteiger partial charge < -0.3 is 20.1 Å². The van der Waals surface area contributed by atoms with Crippen LogP contribution in [0, 0.1) is 5.92 Å². The maximum absolute atomic E-state index is 12.0. The minimum absolute atomic E-state index is 0.00247. The van der Waals surface area contributed by atoms with Crippen molar-refractivity contribution in [2.45, 2.75) is 33.4 Å². The Kier molecular flexibility index (Phi) is 9.34. The Hall–Kier alpha value is -2.60. The fourth-order valence-electron chi connectivity index (χ4n) is 3.32. The topological polar surface area (TPSA) is 59.6 Å². The number of benzene rings is 3. The van der Waals surface area contributed by atoms with E-state index in [9.17, 15) is 4.79 Å². The van der Waals surface area contributed by atoms with Crippen LogP contribution in [-0.2, 0) is 17.9 Å². The van der Waals surface area contributed by atoms with Gasteiger partial charge in [-0.05, 0) is 53.9 Å². The van der Waals surface area contributed by atoms with E-state index >= 15 is 0 Å². The van der Waals surface area contributed by atoms with Crippen LogP contribution in [0.15, 0.2) is 54.6 Å². The number of carbonyl (C=O) groups is 1. The smallest absolute Gasteiger partial charge is 0.224 e. The molecule has 0 saturated heterocycles. The highest BCUT2D eigenvalue weighted by atomic mass is 35.5. The first-order valence-electron chi connectivity index (χ1n) is 10.8. The van der Waals surface area contributed by atoms with E-state index in [1.54, 1.807) is 25.3 Å². The molecule has 0 fully saturated rings. The van der Waals surface area contributed by atoms with Crippen molar-refractivity contribution >= 4 is 52.1 Å². The highest BCUT2D eigenvalue weighted by Gasteiger charge is 2.15. The van der Waals surface area contributed by atoms with Gasteiger partial charge in [-0.3, -0.25) is 4.79 Å². The molecule has 0 aliphatic carbocycles. The van der Waals surface area contributed by atoms with E-state index in [2.05, 4.69) is 10.6 Å². The van der Waals surface area contributed by atoms with Crippen molar-refractivity contribution < 1.29 is 14.3 Å². The van der Waals surface area contributed by atoms with E-state index in [0.29, 0.717) is 51.0 Å². The lowest BCUT2D eigenvalue weighted by atomic mass is 10.1. The molecule has 1 amide bonds. The van der Waals surface area contributed by atoms with Gasteiger partial charge in [0.05, 0.1) is 12.1 Å². The second-order valence-electron chi connectivity index (χ2n) is 8.18. The van der Waals surface area contributed by atoms with Gasteiger partial charge in [-0.2, -0.15) is 0 Å². The largest absolute Gasteiger partial charge is 0.493 e. The normalized spacial score (nSPS) is 10.8. The van der Waals surface area contributed by atoms with Crippen LogP contribution in [-0.4, -0.2) is 13.0 Å². The molecule has 3 aromatic rings. The maximum Gasteiger partial charge on any atom is 0.224 e. The number of hydrogen-bond acceptors (Lipinski definition) is 4. The van der Waals surface area contributed by atoms with Crippen LogP contribution >= 0.6 is 34.8 Å². The summed E-state index contributed by atoms with van der Waals surface area (Å²) in [6.45, 7) is 4.68. The third kappa shape index (κ3) is 7.20. The first-order valence-corrected chi connectivity index (χ1v) is 12.0. The molecular formula is C26H27Cl3N2O3. The molecule has 0 spiro atoms. The van der Waals surface area contributed by atoms with Gasteiger partial charge in [0.25, 0.3) is 0 Å². The molecule has 0 saturated carbocycles. The van der Waals surface area contributed by atoms with Crippen molar-refractivity contribution in [3.63, 3.8) is 0 Å². The molecule has 3 aromatic carbocycles. The molecule has 0 atom stereocenters. The van der Waals surface area contributed by atoms with Crippen LogP contribution in [0.25, 0.3) is 0 Å². The van der Waals surface area contributed by atoms with E-state index in [1.165, 1.54) is 0 Å². The SMILES string of the molecule is COc1cc(CNc2cccc(NC(=O)CC(C)C)c2)cc(Cl)c1OCc1c(Cl)cccc1Cl. The Morgan fingerprint density at radius 3 is 2.29 bits per heavy atom. The van der Waals surface area contributed by atoms with Gasteiger partial charge in [0.2, 0.25) is 5.91 Å². The van der Waals surface area contributed by atoms with Crippen molar-refractivity contribution in [3.8, 4) is 11.5 Å². The average Bonchev–Trinajstić information content (AvgIpc) is 2.77. The van der Waals surface area contributed by atoms with Gasteiger partial charge in [0.15, 0.2) is 11.5 Å². The second-order valence-corrected chi connectivity index (χ2v) is 9.40. The van der Waals surface area contributed by atoms with Gasteiger partial charge in [-0.1, -0.05) is 60.8 Å². The van der Waals surface area contributed by atoms with Gasteiger partial charge in [0, 0.05) is 39.9 Å². The number of rotatable bonds is 10. The maximum atomic E-state index is 12.0. The third-order valence-electron chi connectivity index (χ3n) is 4.95. The van der Waals surface area contributed by atoms with Gasteiger partial charge >= 0.3 is 0 Å². The minimum Gasteiger partial charge on any atom is -0.493 e. The molecule has 0 heterocycles. The predicted molar refractivity (Wildman–Crippen MR) is 141 cm³/mol. The number of hydrogen-bond donors (Lipinski definition) is 2. The molecular weight excluding hydrogens is 495 g/mol. The fourth-order valence-corrected chi connectivity index (χ4v) is 4.12. The molecule has 180 valence electrons. The Morgan fingerprint density at radius 2 is 1.62 bits per heavy atom. The van der Waals surface area contributed by atoms with Crippen LogP contribution in [0.4, 0.5) is 11.4 Å². The number of anilines is 2. The molecule has 0 aliphatic rings. The monoisotopic (exact) mass is 520 g/mol. The number of nitrogens with one attached hydrogen (secondary N) is 2. The van der Waals surface area contributed by atoms with Crippen molar-refractivity contribution in [1.29, 1.82) is 0 Å². The molecule has 2 N–H and O–H groups in total. The van der Waals surface area contributed by atoms with E-state index in [1.807, 2.05) is 50.2 Å². The van der Waals surface area contributed by atoms with E-state index in [-0.39, 0.29) is 12.5 Å². The molecule has 3 rings (SSSR count). The zero-order valence-corrected chi connectivity index (χ0v) is 21.5. The predicted octanol–water partition coefficient (Wildman–Crippen LogP) is 7.83. The average molecular weight is 522 g/mol. The summed E-state index contributed by atoms with van der Waals surface area (Å²) in [7, 11) is 1.56. The van der Waals surface area contributed by atoms with Crippen LogP contribution in [0.2, 0.25) is 15.1 Å². The van der Waals surface area contributed by atoms with E-state index in [4.69, 9.17) is 44.3 Å². The van der Waals surface area contributed by atoms with Crippen molar-refractivity contribution in [3.05, 3.63) is 80.8 Å². The number of ether oxygens (including phenoxy) is 2. The minimum atomic E-state index is -0.00247. The summed E-state index contributed by atoms with van der Waals surface area (Å²) in [4.78, 5) is 12.0. The molecule has 0 bridgehead atoms. The first kappa shape index (κ1) is 26.0. The summed E-state index contributed by atoms with van der Waals surface area (Å²) in [6, 6.07) is 16.5. The van der Waals surface area contributed by atoms with Gasteiger partial charge in [-0.25, -0.2) is 0 Å². The van der Waals surface area contributed by atoms with Crippen LogP contribution in [0.3, 0.4) is 0 Å². The van der Waals surface area contributed by atoms with E-state index < -0.39 is 0 Å². The van der Waals surface area contributed by atoms with Crippen LogP contribution < -0.4 is 20.1 Å². The molecule has 0 unspecified atom stereocenters. The first-order chi connectivity index (χ1) is 16.3. The Bertz CT molecular complexity index is 1130. The Morgan fingerprint density at radius 1 is 0.941 bits per heavy atom. The Balaban J connectivity index is 1.68. The van der Waals surface area contributed by atoms with Crippen molar-refractivity contribution in [2.75, 3.05) is 17.7 Å². The summed E-state index contributed by atoms with van der Waals surface area (Å²) in [5.74, 6) is 1.22. The summed E-state index contributed by atoms with van der Waals surface area (Å²) < 4.78 is 11.4. The van der Waals surface area contributed by atoms with Crippen molar-refractivity contribution in [1.82, 2.24) is 0 Å². The molecule has 0 aromatic heterocycles. The molecule has 0 radical (unpaired) electrons. The summed E-state index contributed by atoms with van der Waals surface area (Å²) in [6.07, 6.45) is 0.479. The van der Waals surface area contributed by atoms with Crippen molar-refractivity contribution in [2.24, 2.45) is 5.92 Å². The number of halogens is 3. The van der Waals surface area contributed by atoms with Gasteiger partial charge in [-0.15, -0.1) is 0 Å². The van der Waals surface area contributed by atoms with Crippen LogP contribution in [0.5, 0.6) is 11.5 Å². The zero-order valence-electron chi connectivity index (χ0n) is 19.3. The molecule has 34 heavy (non-hydrogen) atoms. The summed E-state index contributed by atoms with van der Waals surface area (Å²) in [5, 5.41) is 7.72. The summed E-state index contributed by atoms with van der Waals surface area (Å²) in [5.41, 5.74) is 3.19.